The fraction of sp³-hybridized carbons (Fsp3) is 0.0714. The molecule has 20 heavy (non-hydrogen) atoms. The Morgan fingerprint density at radius 3 is 2.25 bits per heavy atom. The largest absolute Gasteiger partial charge is 0.383 e. The van der Waals surface area contributed by atoms with E-state index in [2.05, 4.69) is 10.3 Å². The molecule has 0 saturated carbocycles. The molecule has 2 aromatic rings. The van der Waals surface area contributed by atoms with Crippen molar-refractivity contribution in [2.75, 3.05) is 11.1 Å². The van der Waals surface area contributed by atoms with Gasteiger partial charge in [-0.2, -0.15) is 0 Å². The molecule has 0 saturated heterocycles. The van der Waals surface area contributed by atoms with Crippen LogP contribution in [-0.2, 0) is 4.79 Å². The van der Waals surface area contributed by atoms with E-state index in [-0.39, 0.29) is 17.3 Å². The number of aromatic nitrogens is 1. The van der Waals surface area contributed by atoms with Crippen LogP contribution in [0.3, 0.4) is 0 Å². The van der Waals surface area contributed by atoms with E-state index >= 15 is 0 Å². The highest BCUT2D eigenvalue weighted by Gasteiger charge is 2.08. The number of nitrogens with zero attached hydrogens (tertiary/aromatic N) is 1. The third-order valence-corrected chi connectivity index (χ3v) is 2.69. The Balaban J connectivity index is 2.30. The van der Waals surface area contributed by atoms with Gasteiger partial charge in [-0.25, -0.2) is 4.98 Å². The van der Waals surface area contributed by atoms with E-state index in [1.165, 1.54) is 6.92 Å². The van der Waals surface area contributed by atoms with Gasteiger partial charge < -0.3 is 16.8 Å². The molecular weight excluding hydrogens is 256 g/mol. The maximum Gasteiger partial charge on any atom is 0.252 e. The summed E-state index contributed by atoms with van der Waals surface area (Å²) >= 11 is 0. The van der Waals surface area contributed by atoms with Crippen molar-refractivity contribution in [2.45, 2.75) is 6.92 Å². The smallest absolute Gasteiger partial charge is 0.252 e. The molecule has 0 atom stereocenters. The third kappa shape index (κ3) is 2.92. The van der Waals surface area contributed by atoms with E-state index in [0.717, 1.165) is 5.56 Å². The topological polar surface area (TPSA) is 111 Å². The first-order valence-corrected chi connectivity index (χ1v) is 5.91. The average Bonchev–Trinajstić information content (AvgIpc) is 2.38. The number of amides is 2. The predicted octanol–water partition coefficient (Wildman–Crippen LogP) is 1.39. The van der Waals surface area contributed by atoms with Crippen LogP contribution >= 0.6 is 0 Å². The van der Waals surface area contributed by atoms with Gasteiger partial charge in [0.15, 0.2) is 0 Å². The Morgan fingerprint density at radius 2 is 1.75 bits per heavy atom. The Bertz CT molecular complexity index is 665. The zero-order valence-electron chi connectivity index (χ0n) is 10.9. The van der Waals surface area contributed by atoms with Gasteiger partial charge in [0.05, 0.1) is 11.3 Å². The first kappa shape index (κ1) is 13.5. The van der Waals surface area contributed by atoms with Gasteiger partial charge in [0.25, 0.3) is 5.91 Å². The summed E-state index contributed by atoms with van der Waals surface area (Å²) in [5, 5.41) is 2.67. The highest BCUT2D eigenvalue weighted by molar-refractivity contribution is 5.97. The highest BCUT2D eigenvalue weighted by atomic mass is 16.1. The molecular formula is C14H14N4O2. The number of hydrogen-bond donors (Lipinski definition) is 3. The monoisotopic (exact) mass is 270 g/mol. The van der Waals surface area contributed by atoms with Crippen molar-refractivity contribution in [1.82, 2.24) is 4.98 Å². The number of pyridine rings is 1. The van der Waals surface area contributed by atoms with Crippen molar-refractivity contribution in [3.05, 3.63) is 42.0 Å². The standard InChI is InChI=1S/C14H14N4O2/c1-8(19)17-10-4-2-9(3-5-10)12-7-6-11(14(16)20)13(15)18-12/h2-7H,1H3,(H2,15,18)(H2,16,20)(H,17,19). The van der Waals surface area contributed by atoms with E-state index in [1.807, 2.05) is 0 Å². The minimum Gasteiger partial charge on any atom is -0.383 e. The molecule has 0 spiro atoms. The molecule has 0 bridgehead atoms. The summed E-state index contributed by atoms with van der Waals surface area (Å²) in [6.07, 6.45) is 0. The van der Waals surface area contributed by atoms with E-state index in [4.69, 9.17) is 11.5 Å². The number of nitrogens with one attached hydrogen (secondary N) is 1. The highest BCUT2D eigenvalue weighted by Crippen LogP contribution is 2.22. The third-order valence-electron chi connectivity index (χ3n) is 2.69. The molecule has 6 nitrogen and oxygen atoms in total. The summed E-state index contributed by atoms with van der Waals surface area (Å²) in [5.41, 5.74) is 13.2. The lowest BCUT2D eigenvalue weighted by atomic mass is 10.1. The van der Waals surface area contributed by atoms with Crippen LogP contribution in [0.1, 0.15) is 17.3 Å². The second-order valence-electron chi connectivity index (χ2n) is 4.25. The molecule has 0 aliphatic carbocycles. The van der Waals surface area contributed by atoms with Gasteiger partial charge in [-0.3, -0.25) is 9.59 Å². The lowest BCUT2D eigenvalue weighted by Gasteiger charge is -2.06. The molecule has 5 N–H and O–H groups in total. The van der Waals surface area contributed by atoms with E-state index in [1.54, 1.807) is 36.4 Å². The lowest BCUT2D eigenvalue weighted by Crippen LogP contribution is -2.14. The predicted molar refractivity (Wildman–Crippen MR) is 76.9 cm³/mol. The SMILES string of the molecule is CC(=O)Nc1ccc(-c2ccc(C(N)=O)c(N)n2)cc1. The average molecular weight is 270 g/mol. The molecule has 2 rings (SSSR count). The van der Waals surface area contributed by atoms with Crippen molar-refractivity contribution in [2.24, 2.45) is 5.73 Å². The van der Waals surface area contributed by atoms with Crippen LogP contribution in [0, 0.1) is 0 Å². The molecule has 1 heterocycles. The lowest BCUT2D eigenvalue weighted by molar-refractivity contribution is -0.114. The molecule has 6 heteroatoms. The van der Waals surface area contributed by atoms with Crippen LogP contribution in [0.2, 0.25) is 0 Å². The molecule has 1 aromatic carbocycles. The Hall–Kier alpha value is -2.89. The van der Waals surface area contributed by atoms with Crippen molar-refractivity contribution in [1.29, 1.82) is 0 Å². The van der Waals surface area contributed by atoms with Gasteiger partial charge in [0, 0.05) is 18.2 Å². The number of carbonyl (C=O) groups excluding carboxylic acids is 2. The van der Waals surface area contributed by atoms with E-state index in [9.17, 15) is 9.59 Å². The van der Waals surface area contributed by atoms with E-state index in [0.29, 0.717) is 11.4 Å². The summed E-state index contributed by atoms with van der Waals surface area (Å²) in [6.45, 7) is 1.44. The molecule has 0 aliphatic rings. The Morgan fingerprint density at radius 1 is 1.10 bits per heavy atom. The Kier molecular flexibility index (Phi) is 3.65. The van der Waals surface area contributed by atoms with E-state index < -0.39 is 5.91 Å². The second-order valence-corrected chi connectivity index (χ2v) is 4.25. The van der Waals surface area contributed by atoms with Gasteiger partial charge in [-0.1, -0.05) is 12.1 Å². The summed E-state index contributed by atoms with van der Waals surface area (Å²) in [5.74, 6) is -0.644. The number of carbonyl (C=O) groups is 2. The number of hydrogen-bond acceptors (Lipinski definition) is 4. The summed E-state index contributed by atoms with van der Waals surface area (Å²) < 4.78 is 0. The zero-order chi connectivity index (χ0) is 14.7. The van der Waals surface area contributed by atoms with Crippen LogP contribution in [0.5, 0.6) is 0 Å². The van der Waals surface area contributed by atoms with Gasteiger partial charge >= 0.3 is 0 Å². The van der Waals surface area contributed by atoms with Crippen molar-refractivity contribution in [3.8, 4) is 11.3 Å². The summed E-state index contributed by atoms with van der Waals surface area (Å²) in [6, 6.07) is 10.3. The molecule has 0 radical (unpaired) electrons. The first-order chi connectivity index (χ1) is 9.47. The quantitative estimate of drug-likeness (QED) is 0.782. The van der Waals surface area contributed by atoms with Crippen LogP contribution in [0.4, 0.5) is 11.5 Å². The van der Waals surface area contributed by atoms with Crippen LogP contribution in [0.15, 0.2) is 36.4 Å². The Labute approximate surface area is 115 Å². The number of nitrogens with two attached hydrogens (primary N) is 2. The molecule has 0 fully saturated rings. The van der Waals surface area contributed by atoms with Gasteiger partial charge in [0.1, 0.15) is 5.82 Å². The van der Waals surface area contributed by atoms with Gasteiger partial charge in [-0.05, 0) is 24.3 Å². The minimum absolute atomic E-state index is 0.0981. The van der Waals surface area contributed by atoms with Crippen molar-refractivity contribution in [3.63, 3.8) is 0 Å². The summed E-state index contributed by atoms with van der Waals surface area (Å²) in [4.78, 5) is 26.2. The maximum absolute atomic E-state index is 11.1. The summed E-state index contributed by atoms with van der Waals surface area (Å²) in [7, 11) is 0. The minimum atomic E-state index is -0.609. The molecule has 1 aromatic heterocycles. The number of anilines is 2. The maximum atomic E-state index is 11.1. The number of rotatable bonds is 3. The number of benzene rings is 1. The normalized spacial score (nSPS) is 10.1. The molecule has 0 unspecified atom stereocenters. The van der Waals surface area contributed by atoms with Crippen LogP contribution in [-0.4, -0.2) is 16.8 Å². The van der Waals surface area contributed by atoms with Gasteiger partial charge in [0.2, 0.25) is 5.91 Å². The number of nitrogen functional groups attached to an aromatic ring is 1. The van der Waals surface area contributed by atoms with Crippen molar-refractivity contribution < 1.29 is 9.59 Å². The molecule has 0 aliphatic heterocycles. The fourth-order valence-electron chi connectivity index (χ4n) is 1.77. The molecule has 102 valence electrons. The zero-order valence-corrected chi connectivity index (χ0v) is 10.9. The van der Waals surface area contributed by atoms with Crippen molar-refractivity contribution >= 4 is 23.3 Å². The van der Waals surface area contributed by atoms with Gasteiger partial charge in [-0.15, -0.1) is 0 Å². The first-order valence-electron chi connectivity index (χ1n) is 5.91. The molecule has 2 amide bonds. The second kappa shape index (κ2) is 5.40. The fourth-order valence-corrected chi connectivity index (χ4v) is 1.77. The number of primary amides is 1. The van der Waals surface area contributed by atoms with Crippen LogP contribution in [0.25, 0.3) is 11.3 Å². The van der Waals surface area contributed by atoms with Crippen LogP contribution < -0.4 is 16.8 Å².